The highest BCUT2D eigenvalue weighted by molar-refractivity contribution is 7.99. The Morgan fingerprint density at radius 2 is 1.79 bits per heavy atom. The fourth-order valence-electron chi connectivity index (χ4n) is 3.33. The summed E-state index contributed by atoms with van der Waals surface area (Å²) < 4.78 is 2.10. The molecule has 4 rings (SSSR count). The first-order chi connectivity index (χ1) is 16.0. The normalized spacial score (nSPS) is 11.2. The lowest BCUT2D eigenvalue weighted by molar-refractivity contribution is -0.118. The minimum Gasteiger partial charge on any atom is -0.478 e. The molecule has 3 aromatic carbocycles. The first kappa shape index (κ1) is 22.3. The lowest BCUT2D eigenvalue weighted by Crippen LogP contribution is -2.20. The molecule has 0 fully saturated rings. The molecule has 0 unspecified atom stereocenters. The number of carbonyl (C=O) groups excluding carboxylic acids is 1. The van der Waals surface area contributed by atoms with E-state index >= 15 is 0 Å². The summed E-state index contributed by atoms with van der Waals surface area (Å²) in [6.07, 6.45) is 1.33. The summed E-state index contributed by atoms with van der Waals surface area (Å²) in [4.78, 5) is 28.3. The highest BCUT2D eigenvalue weighted by atomic mass is 32.2. The molecule has 33 heavy (non-hydrogen) atoms. The Kier molecular flexibility index (Phi) is 6.85. The minimum atomic E-state index is -1.05. The zero-order chi connectivity index (χ0) is 23.2. The van der Waals surface area contributed by atoms with Crippen LogP contribution in [0.25, 0.3) is 11.0 Å². The van der Waals surface area contributed by atoms with Gasteiger partial charge in [-0.1, -0.05) is 71.9 Å². The zero-order valence-corrected chi connectivity index (χ0v) is 18.7. The number of amides is 1. The van der Waals surface area contributed by atoms with Gasteiger partial charge in [-0.25, -0.2) is 15.2 Å². The van der Waals surface area contributed by atoms with Crippen LogP contribution in [-0.2, 0) is 11.3 Å². The van der Waals surface area contributed by atoms with E-state index in [2.05, 4.69) is 46.3 Å². The smallest absolute Gasteiger partial charge is 0.336 e. The number of carbonyl (C=O) groups is 2. The summed E-state index contributed by atoms with van der Waals surface area (Å²) in [7, 11) is 0. The number of hydrazone groups is 1. The number of aromatic nitrogens is 2. The number of carboxylic acids is 1. The van der Waals surface area contributed by atoms with Gasteiger partial charge in [0.25, 0.3) is 5.91 Å². The van der Waals surface area contributed by atoms with Crippen molar-refractivity contribution in [2.45, 2.75) is 18.6 Å². The van der Waals surface area contributed by atoms with Crippen LogP contribution in [0.15, 0.2) is 83.1 Å². The quantitative estimate of drug-likeness (QED) is 0.233. The van der Waals surface area contributed by atoms with Gasteiger partial charge in [0.2, 0.25) is 0 Å². The van der Waals surface area contributed by atoms with E-state index in [0.29, 0.717) is 12.1 Å². The highest BCUT2D eigenvalue weighted by Gasteiger charge is 2.13. The van der Waals surface area contributed by atoms with Gasteiger partial charge in [0.1, 0.15) is 0 Å². The standard InChI is InChI=1S/C25H22N4O3S/c1-17-10-12-18(13-11-17)15-29-22-9-5-4-8-21(22)27-25(29)33-16-23(30)28-26-14-19-6-2-3-7-20(19)24(31)32/h2-14H,15-16H2,1H3,(H,28,30)(H,31,32)/b26-14+. The number of fused-ring (bicyclic) bond motifs is 1. The molecular formula is C25H22N4O3S. The Morgan fingerprint density at radius 1 is 1.06 bits per heavy atom. The number of carboxylic acid groups (broad SMARTS) is 1. The molecule has 0 aliphatic heterocycles. The summed E-state index contributed by atoms with van der Waals surface area (Å²) >= 11 is 1.33. The van der Waals surface area contributed by atoms with Crippen molar-refractivity contribution in [1.29, 1.82) is 0 Å². The molecule has 0 spiro atoms. The predicted molar refractivity (Wildman–Crippen MR) is 130 cm³/mol. The second-order valence-corrected chi connectivity index (χ2v) is 8.37. The Hall–Kier alpha value is -3.91. The summed E-state index contributed by atoms with van der Waals surface area (Å²) in [5.74, 6) is -1.24. The van der Waals surface area contributed by atoms with E-state index in [9.17, 15) is 14.7 Å². The molecule has 0 radical (unpaired) electrons. The van der Waals surface area contributed by atoms with E-state index in [1.165, 1.54) is 29.6 Å². The van der Waals surface area contributed by atoms with Crippen LogP contribution in [-0.4, -0.2) is 38.5 Å². The van der Waals surface area contributed by atoms with Gasteiger partial charge in [-0.2, -0.15) is 5.10 Å². The van der Waals surface area contributed by atoms with Crippen molar-refractivity contribution in [3.8, 4) is 0 Å². The van der Waals surface area contributed by atoms with Crippen molar-refractivity contribution >= 4 is 40.9 Å². The van der Waals surface area contributed by atoms with Crippen LogP contribution in [0.2, 0.25) is 0 Å². The second kappa shape index (κ2) is 10.1. The molecule has 0 saturated carbocycles. The molecule has 8 heteroatoms. The average Bonchev–Trinajstić information content (AvgIpc) is 3.16. The molecule has 1 aromatic heterocycles. The van der Waals surface area contributed by atoms with Gasteiger partial charge in [-0.15, -0.1) is 0 Å². The summed E-state index contributed by atoms with van der Waals surface area (Å²) in [5.41, 5.74) is 7.22. The van der Waals surface area contributed by atoms with Crippen LogP contribution < -0.4 is 5.43 Å². The number of hydrogen-bond acceptors (Lipinski definition) is 5. The van der Waals surface area contributed by atoms with Crippen LogP contribution in [0.4, 0.5) is 0 Å². The van der Waals surface area contributed by atoms with Crippen molar-refractivity contribution in [2.75, 3.05) is 5.75 Å². The molecule has 0 saturated heterocycles. The Morgan fingerprint density at radius 3 is 2.58 bits per heavy atom. The third-order valence-corrected chi connectivity index (χ3v) is 5.97. The third-order valence-electron chi connectivity index (χ3n) is 5.00. The van der Waals surface area contributed by atoms with Crippen LogP contribution >= 0.6 is 11.8 Å². The van der Waals surface area contributed by atoms with E-state index in [-0.39, 0.29) is 17.2 Å². The maximum atomic E-state index is 12.3. The van der Waals surface area contributed by atoms with Crippen LogP contribution in [0, 0.1) is 6.92 Å². The number of nitrogens with one attached hydrogen (secondary N) is 1. The van der Waals surface area contributed by atoms with Gasteiger partial charge in [0.05, 0.1) is 35.1 Å². The lowest BCUT2D eigenvalue weighted by Gasteiger charge is -2.09. The van der Waals surface area contributed by atoms with Crippen LogP contribution in [0.1, 0.15) is 27.0 Å². The number of thioether (sulfide) groups is 1. The number of imidazole rings is 1. The fourth-order valence-corrected chi connectivity index (χ4v) is 4.14. The zero-order valence-electron chi connectivity index (χ0n) is 17.9. The van der Waals surface area contributed by atoms with Crippen molar-refractivity contribution in [3.63, 3.8) is 0 Å². The molecule has 166 valence electrons. The Balaban J connectivity index is 1.45. The van der Waals surface area contributed by atoms with E-state index in [1.807, 2.05) is 24.3 Å². The molecule has 0 atom stereocenters. The van der Waals surface area contributed by atoms with E-state index < -0.39 is 5.97 Å². The largest absolute Gasteiger partial charge is 0.478 e. The number of benzene rings is 3. The number of rotatable bonds is 8. The van der Waals surface area contributed by atoms with Gasteiger partial charge in [-0.05, 0) is 30.7 Å². The molecular weight excluding hydrogens is 436 g/mol. The molecule has 0 aliphatic rings. The minimum absolute atomic E-state index is 0.120. The van der Waals surface area contributed by atoms with Crippen molar-refractivity contribution in [1.82, 2.24) is 15.0 Å². The molecule has 4 aromatic rings. The molecule has 7 nitrogen and oxygen atoms in total. The van der Waals surface area contributed by atoms with Gasteiger partial charge in [0, 0.05) is 5.56 Å². The topological polar surface area (TPSA) is 96.6 Å². The van der Waals surface area contributed by atoms with Crippen LogP contribution in [0.3, 0.4) is 0 Å². The van der Waals surface area contributed by atoms with Crippen LogP contribution in [0.5, 0.6) is 0 Å². The van der Waals surface area contributed by atoms with E-state index in [4.69, 9.17) is 4.98 Å². The number of hydrogen-bond donors (Lipinski definition) is 2. The molecule has 2 N–H and O–H groups in total. The summed E-state index contributed by atoms with van der Waals surface area (Å²) in [6, 6.07) is 22.7. The fraction of sp³-hybridized carbons (Fsp3) is 0.120. The van der Waals surface area contributed by atoms with Gasteiger partial charge >= 0.3 is 5.97 Å². The predicted octanol–water partition coefficient (Wildman–Crippen LogP) is 4.33. The maximum absolute atomic E-state index is 12.3. The van der Waals surface area contributed by atoms with Crippen molar-refractivity contribution in [3.05, 3.63) is 95.1 Å². The summed E-state index contributed by atoms with van der Waals surface area (Å²) in [6.45, 7) is 2.70. The first-order valence-corrected chi connectivity index (χ1v) is 11.3. The lowest BCUT2D eigenvalue weighted by atomic mass is 10.1. The monoisotopic (exact) mass is 458 g/mol. The number of para-hydroxylation sites is 2. The van der Waals surface area contributed by atoms with Gasteiger partial charge in [-0.3, -0.25) is 4.79 Å². The number of aromatic carboxylic acids is 1. The Labute approximate surface area is 195 Å². The average molecular weight is 459 g/mol. The second-order valence-electron chi connectivity index (χ2n) is 7.43. The SMILES string of the molecule is Cc1ccc(Cn2c(SCC(=O)N/N=C/c3ccccc3C(=O)O)nc3ccccc32)cc1. The maximum Gasteiger partial charge on any atom is 0.336 e. The van der Waals surface area contributed by atoms with E-state index in [1.54, 1.807) is 18.2 Å². The summed E-state index contributed by atoms with van der Waals surface area (Å²) in [5, 5.41) is 13.9. The first-order valence-electron chi connectivity index (χ1n) is 10.3. The number of nitrogens with zero attached hydrogens (tertiary/aromatic N) is 3. The van der Waals surface area contributed by atoms with E-state index in [0.717, 1.165) is 21.8 Å². The molecule has 0 aliphatic carbocycles. The van der Waals surface area contributed by atoms with Crippen molar-refractivity contribution in [2.24, 2.45) is 5.10 Å². The molecule has 1 amide bonds. The van der Waals surface area contributed by atoms with Gasteiger partial charge in [0.15, 0.2) is 5.16 Å². The highest BCUT2D eigenvalue weighted by Crippen LogP contribution is 2.25. The van der Waals surface area contributed by atoms with Crippen molar-refractivity contribution < 1.29 is 14.7 Å². The third kappa shape index (κ3) is 5.48. The number of aryl methyl sites for hydroxylation is 1. The molecule has 0 bridgehead atoms. The Bertz CT molecular complexity index is 1330. The van der Waals surface area contributed by atoms with Gasteiger partial charge < -0.3 is 9.67 Å². The molecule has 1 heterocycles.